The fourth-order valence-corrected chi connectivity index (χ4v) is 2.49. The van der Waals surface area contributed by atoms with Crippen LogP contribution in [0.25, 0.3) is 0 Å². The number of carbonyl (C=O) groups excluding carboxylic acids is 4. The third kappa shape index (κ3) is 9.21. The van der Waals surface area contributed by atoms with Gasteiger partial charge in [-0.25, -0.2) is 0 Å². The summed E-state index contributed by atoms with van der Waals surface area (Å²) in [6.07, 6.45) is 0.367. The Kier molecular flexibility index (Phi) is 11.6. The molecular weight excluding hydrogens is 394 g/mol. The largest absolute Gasteiger partial charge is 0.480 e. The number of carboxylic acids is 1. The molecule has 8 N–H and O–H groups in total. The van der Waals surface area contributed by atoms with Gasteiger partial charge in [0.2, 0.25) is 23.6 Å². The number of hydrogen-bond donors (Lipinski definition) is 6. The van der Waals surface area contributed by atoms with E-state index in [9.17, 15) is 24.0 Å². The van der Waals surface area contributed by atoms with Crippen molar-refractivity contribution >= 4 is 29.6 Å². The van der Waals surface area contributed by atoms with Crippen LogP contribution in [0.5, 0.6) is 0 Å². The molecule has 0 fully saturated rings. The summed E-state index contributed by atoms with van der Waals surface area (Å²) in [5.41, 5.74) is 11.0. The molecule has 4 amide bonds. The Bertz CT molecular complexity index is 639. The molecule has 11 heteroatoms. The number of rotatable bonds is 13. The quantitative estimate of drug-likeness (QED) is 0.212. The fraction of sp³-hybridized carbons (Fsp3) is 0.737. The van der Waals surface area contributed by atoms with Crippen LogP contribution < -0.4 is 27.4 Å². The second-order valence-electron chi connectivity index (χ2n) is 7.78. The van der Waals surface area contributed by atoms with Gasteiger partial charge in [0.05, 0.1) is 6.04 Å². The van der Waals surface area contributed by atoms with E-state index in [0.717, 1.165) is 0 Å². The first-order valence-corrected chi connectivity index (χ1v) is 9.99. The second-order valence-corrected chi connectivity index (χ2v) is 7.78. The minimum atomic E-state index is -1.25. The lowest BCUT2D eigenvalue weighted by Crippen LogP contribution is -2.58. The third-order valence-electron chi connectivity index (χ3n) is 4.85. The summed E-state index contributed by atoms with van der Waals surface area (Å²) >= 11 is 0. The van der Waals surface area contributed by atoms with Gasteiger partial charge < -0.3 is 32.5 Å². The lowest BCUT2D eigenvalue weighted by Gasteiger charge is -2.27. The van der Waals surface area contributed by atoms with Gasteiger partial charge in [0.1, 0.15) is 18.1 Å². The molecule has 0 rings (SSSR count). The Morgan fingerprint density at radius 3 is 1.90 bits per heavy atom. The van der Waals surface area contributed by atoms with Crippen molar-refractivity contribution in [1.29, 1.82) is 0 Å². The van der Waals surface area contributed by atoms with Crippen LogP contribution in [-0.2, 0) is 24.0 Å². The van der Waals surface area contributed by atoms with Crippen LogP contribution in [0.3, 0.4) is 0 Å². The highest BCUT2D eigenvalue weighted by Gasteiger charge is 2.31. The molecule has 11 nitrogen and oxygen atoms in total. The van der Waals surface area contributed by atoms with E-state index < -0.39 is 53.8 Å². The van der Waals surface area contributed by atoms with Crippen molar-refractivity contribution in [3.8, 4) is 0 Å². The molecule has 0 aromatic heterocycles. The minimum Gasteiger partial charge on any atom is -0.480 e. The highest BCUT2D eigenvalue weighted by molar-refractivity contribution is 5.94. The first-order chi connectivity index (χ1) is 13.8. The van der Waals surface area contributed by atoms with Crippen LogP contribution in [0.15, 0.2) is 0 Å². The number of primary amides is 1. The van der Waals surface area contributed by atoms with Crippen molar-refractivity contribution in [2.75, 3.05) is 0 Å². The van der Waals surface area contributed by atoms with Crippen LogP contribution in [-0.4, -0.2) is 58.9 Å². The standard InChI is InChI=1S/C19H35N5O6/c1-6-10(4)14(21)17(27)24-15(9(2)3)18(28)23-12(7-8-13(20)25)16(26)22-11(5)19(29)30/h9-12,14-15H,6-8,21H2,1-5H3,(H2,20,25)(H,22,26)(H,23,28)(H,24,27)(H,29,30). The predicted molar refractivity (Wildman–Crippen MR) is 110 cm³/mol. The first-order valence-electron chi connectivity index (χ1n) is 9.99. The van der Waals surface area contributed by atoms with Gasteiger partial charge in [0.15, 0.2) is 0 Å². The van der Waals surface area contributed by atoms with Crippen LogP contribution in [0, 0.1) is 11.8 Å². The van der Waals surface area contributed by atoms with Gasteiger partial charge in [-0.15, -0.1) is 0 Å². The zero-order chi connectivity index (χ0) is 23.6. The Morgan fingerprint density at radius 1 is 0.900 bits per heavy atom. The molecule has 0 saturated heterocycles. The molecule has 172 valence electrons. The van der Waals surface area contributed by atoms with E-state index in [1.165, 1.54) is 6.92 Å². The molecule has 0 aliphatic carbocycles. The van der Waals surface area contributed by atoms with E-state index >= 15 is 0 Å². The lowest BCUT2D eigenvalue weighted by atomic mass is 9.97. The van der Waals surface area contributed by atoms with E-state index in [1.54, 1.807) is 13.8 Å². The van der Waals surface area contributed by atoms with Gasteiger partial charge in [0, 0.05) is 6.42 Å². The third-order valence-corrected chi connectivity index (χ3v) is 4.85. The van der Waals surface area contributed by atoms with Gasteiger partial charge in [-0.05, 0) is 25.2 Å². The maximum absolute atomic E-state index is 12.8. The summed E-state index contributed by atoms with van der Waals surface area (Å²) in [5, 5.41) is 16.3. The molecule has 5 unspecified atom stereocenters. The van der Waals surface area contributed by atoms with Crippen molar-refractivity contribution in [2.45, 2.75) is 78.0 Å². The molecule has 0 aliphatic heterocycles. The van der Waals surface area contributed by atoms with E-state index in [-0.39, 0.29) is 24.7 Å². The Hall–Kier alpha value is -2.69. The Labute approximate surface area is 176 Å². The van der Waals surface area contributed by atoms with Crippen molar-refractivity contribution in [3.63, 3.8) is 0 Å². The molecule has 0 spiro atoms. The van der Waals surface area contributed by atoms with Crippen molar-refractivity contribution < 1.29 is 29.1 Å². The van der Waals surface area contributed by atoms with Crippen molar-refractivity contribution in [2.24, 2.45) is 23.3 Å². The minimum absolute atomic E-state index is 0.0903. The summed E-state index contributed by atoms with van der Waals surface area (Å²) in [4.78, 5) is 59.7. The van der Waals surface area contributed by atoms with Crippen LogP contribution >= 0.6 is 0 Å². The zero-order valence-corrected chi connectivity index (χ0v) is 18.2. The van der Waals surface area contributed by atoms with Crippen LogP contribution in [0.1, 0.15) is 53.9 Å². The second kappa shape index (κ2) is 12.8. The van der Waals surface area contributed by atoms with Gasteiger partial charge in [0.25, 0.3) is 0 Å². The monoisotopic (exact) mass is 429 g/mol. The summed E-state index contributed by atoms with van der Waals surface area (Å²) in [5.74, 6) is -4.26. The smallest absolute Gasteiger partial charge is 0.325 e. The molecule has 0 aromatic carbocycles. The number of carbonyl (C=O) groups is 5. The first kappa shape index (κ1) is 27.3. The van der Waals surface area contributed by atoms with Crippen LogP contribution in [0.4, 0.5) is 0 Å². The van der Waals surface area contributed by atoms with Gasteiger partial charge in [-0.3, -0.25) is 24.0 Å². The number of nitrogens with two attached hydrogens (primary N) is 2. The van der Waals surface area contributed by atoms with Crippen LogP contribution in [0.2, 0.25) is 0 Å². The Morgan fingerprint density at radius 2 is 1.47 bits per heavy atom. The molecule has 0 bridgehead atoms. The van der Waals surface area contributed by atoms with Crippen molar-refractivity contribution in [3.05, 3.63) is 0 Å². The van der Waals surface area contributed by atoms with E-state index in [4.69, 9.17) is 16.6 Å². The topological polar surface area (TPSA) is 194 Å². The highest BCUT2D eigenvalue weighted by Crippen LogP contribution is 2.09. The molecule has 0 aromatic rings. The highest BCUT2D eigenvalue weighted by atomic mass is 16.4. The molecule has 0 radical (unpaired) electrons. The number of amides is 4. The molecular formula is C19H35N5O6. The number of hydrogen-bond acceptors (Lipinski definition) is 6. The van der Waals surface area contributed by atoms with Crippen molar-refractivity contribution in [1.82, 2.24) is 16.0 Å². The number of aliphatic carboxylic acids is 1. The maximum Gasteiger partial charge on any atom is 0.325 e. The average molecular weight is 430 g/mol. The molecule has 30 heavy (non-hydrogen) atoms. The summed E-state index contributed by atoms with van der Waals surface area (Å²) in [6.45, 7) is 8.40. The Balaban J connectivity index is 5.37. The van der Waals surface area contributed by atoms with E-state index in [2.05, 4.69) is 16.0 Å². The average Bonchev–Trinajstić information content (AvgIpc) is 2.66. The maximum atomic E-state index is 12.8. The van der Waals surface area contributed by atoms with E-state index in [1.807, 2.05) is 13.8 Å². The molecule has 5 atom stereocenters. The van der Waals surface area contributed by atoms with Gasteiger partial charge in [-0.2, -0.15) is 0 Å². The molecule has 0 aliphatic rings. The fourth-order valence-electron chi connectivity index (χ4n) is 2.49. The molecule has 0 heterocycles. The summed E-state index contributed by atoms with van der Waals surface area (Å²) in [6, 6.07) is -4.17. The normalized spacial score (nSPS) is 16.0. The van der Waals surface area contributed by atoms with Gasteiger partial charge >= 0.3 is 5.97 Å². The predicted octanol–water partition coefficient (Wildman–Crippen LogP) is -1.16. The number of nitrogens with one attached hydrogen (secondary N) is 3. The summed E-state index contributed by atoms with van der Waals surface area (Å²) in [7, 11) is 0. The van der Waals surface area contributed by atoms with E-state index in [0.29, 0.717) is 6.42 Å². The number of carboxylic acid groups (broad SMARTS) is 1. The van der Waals surface area contributed by atoms with Gasteiger partial charge in [-0.1, -0.05) is 34.1 Å². The molecule has 0 saturated carbocycles. The lowest BCUT2D eigenvalue weighted by molar-refractivity contribution is -0.142. The SMILES string of the molecule is CCC(C)C(N)C(=O)NC(C(=O)NC(CCC(N)=O)C(=O)NC(C)C(=O)O)C(C)C. The zero-order valence-electron chi connectivity index (χ0n) is 18.2. The summed E-state index contributed by atoms with van der Waals surface area (Å²) < 4.78 is 0.